The Bertz CT molecular complexity index is 1080. The Hall–Kier alpha value is -2.32. The summed E-state index contributed by atoms with van der Waals surface area (Å²) in [5.74, 6) is 1.55. The number of aromatic nitrogens is 3. The normalized spacial score (nSPS) is 22.8. The van der Waals surface area contributed by atoms with E-state index in [1.54, 1.807) is 30.1 Å². The highest BCUT2D eigenvalue weighted by Gasteiger charge is 2.60. The van der Waals surface area contributed by atoms with E-state index in [-0.39, 0.29) is 5.41 Å². The van der Waals surface area contributed by atoms with Gasteiger partial charge in [0, 0.05) is 49.3 Å². The lowest BCUT2D eigenvalue weighted by atomic mass is 9.94. The van der Waals surface area contributed by atoms with Crippen LogP contribution in [0, 0.1) is 5.92 Å². The van der Waals surface area contributed by atoms with Gasteiger partial charge in [0.15, 0.2) is 5.16 Å². The largest absolute Gasteiger partial charge is 0.416 e. The van der Waals surface area contributed by atoms with Crippen molar-refractivity contribution in [1.82, 2.24) is 19.4 Å². The maximum Gasteiger partial charge on any atom is 0.416 e. The Labute approximate surface area is 189 Å². The number of piperidine rings is 1. The summed E-state index contributed by atoms with van der Waals surface area (Å²) in [5.41, 5.74) is 2.67. The van der Waals surface area contributed by atoms with Crippen LogP contribution >= 0.6 is 11.8 Å². The molecule has 5 rings (SSSR count). The van der Waals surface area contributed by atoms with Crippen molar-refractivity contribution in [2.75, 3.05) is 25.4 Å². The molecule has 1 saturated carbocycles. The molecule has 3 aromatic rings. The van der Waals surface area contributed by atoms with Crippen LogP contribution in [-0.2, 0) is 18.6 Å². The molecule has 3 heterocycles. The highest BCUT2D eigenvalue weighted by molar-refractivity contribution is 7.99. The Morgan fingerprint density at radius 2 is 1.97 bits per heavy atom. The number of hydrogen-bond acceptors (Lipinski definition) is 4. The lowest BCUT2D eigenvalue weighted by Gasteiger charge is -2.21. The number of fused-ring (bicyclic) bond motifs is 1. The molecule has 1 saturated heterocycles. The zero-order valence-corrected chi connectivity index (χ0v) is 18.7. The van der Waals surface area contributed by atoms with Gasteiger partial charge in [-0.1, -0.05) is 23.9 Å². The molecule has 1 aromatic carbocycles. The monoisotopic (exact) mass is 458 g/mol. The third-order valence-electron chi connectivity index (χ3n) is 6.76. The van der Waals surface area contributed by atoms with Crippen LogP contribution in [0.1, 0.15) is 24.0 Å². The molecule has 0 spiro atoms. The van der Waals surface area contributed by atoms with Gasteiger partial charge >= 0.3 is 6.18 Å². The van der Waals surface area contributed by atoms with Crippen LogP contribution in [0.4, 0.5) is 13.2 Å². The Morgan fingerprint density at radius 3 is 2.69 bits per heavy atom. The number of benzene rings is 1. The molecule has 1 aliphatic heterocycles. The summed E-state index contributed by atoms with van der Waals surface area (Å²) >= 11 is 1.76. The van der Waals surface area contributed by atoms with Gasteiger partial charge < -0.3 is 9.47 Å². The van der Waals surface area contributed by atoms with Gasteiger partial charge in [-0.25, -0.2) is 4.98 Å². The van der Waals surface area contributed by atoms with E-state index in [9.17, 15) is 13.2 Å². The number of pyridine rings is 1. The zero-order valence-electron chi connectivity index (χ0n) is 17.8. The number of imidazole rings is 1. The van der Waals surface area contributed by atoms with Crippen LogP contribution in [0.15, 0.2) is 60.1 Å². The van der Waals surface area contributed by atoms with Gasteiger partial charge in [-0.05, 0) is 55.1 Å². The van der Waals surface area contributed by atoms with Crippen molar-refractivity contribution in [1.29, 1.82) is 0 Å². The minimum absolute atomic E-state index is 0.0650. The van der Waals surface area contributed by atoms with Gasteiger partial charge in [0.1, 0.15) is 0 Å². The molecular formula is C24H25F3N4S. The van der Waals surface area contributed by atoms with Crippen LogP contribution in [0.5, 0.6) is 0 Å². The number of alkyl halides is 3. The third-order valence-corrected chi connectivity index (χ3v) is 7.89. The molecule has 2 atom stereocenters. The standard InChI is InChI=1S/C24H25F3N4S/c1-30-21(17-4-2-9-28-13-17)14-29-22(30)32-11-3-10-31-15-20-12-23(20,16-31)18-5-7-19(8-6-18)24(25,26)27/h2,4-9,13-14,20H,3,10-12,15-16H2,1H3/t20-,23-/m1/s1. The summed E-state index contributed by atoms with van der Waals surface area (Å²) in [6.45, 7) is 2.99. The maximum absolute atomic E-state index is 12.9. The lowest BCUT2D eigenvalue weighted by molar-refractivity contribution is -0.137. The highest BCUT2D eigenvalue weighted by Crippen LogP contribution is 2.59. The predicted molar refractivity (Wildman–Crippen MR) is 119 cm³/mol. The number of rotatable bonds is 7. The fourth-order valence-corrected chi connectivity index (χ4v) is 5.83. The lowest BCUT2D eigenvalue weighted by Crippen LogP contribution is -2.28. The Balaban J connectivity index is 1.12. The van der Waals surface area contributed by atoms with Gasteiger partial charge in [-0.3, -0.25) is 4.98 Å². The van der Waals surface area contributed by atoms with Crippen LogP contribution in [0.25, 0.3) is 11.3 Å². The summed E-state index contributed by atoms with van der Waals surface area (Å²) in [4.78, 5) is 11.2. The first-order valence-electron chi connectivity index (χ1n) is 10.8. The average Bonchev–Trinajstić information content (AvgIpc) is 3.16. The van der Waals surface area contributed by atoms with Crippen LogP contribution < -0.4 is 0 Å². The van der Waals surface area contributed by atoms with E-state index < -0.39 is 11.7 Å². The first kappa shape index (κ1) is 21.5. The van der Waals surface area contributed by atoms with E-state index in [2.05, 4.69) is 19.4 Å². The minimum Gasteiger partial charge on any atom is -0.322 e. The Kier molecular flexibility index (Phi) is 5.53. The SMILES string of the molecule is Cn1c(-c2cccnc2)cnc1SCCCN1C[C@H]2C[C@]2(c2ccc(C(F)(F)F)cc2)C1. The molecule has 0 radical (unpaired) electrons. The summed E-state index contributed by atoms with van der Waals surface area (Å²) < 4.78 is 40.7. The molecule has 0 N–H and O–H groups in total. The highest BCUT2D eigenvalue weighted by atomic mass is 32.2. The van der Waals surface area contributed by atoms with E-state index in [0.29, 0.717) is 5.92 Å². The second kappa shape index (κ2) is 8.23. The van der Waals surface area contributed by atoms with E-state index in [1.165, 1.54) is 12.1 Å². The molecule has 1 aliphatic carbocycles. The number of likely N-dealkylation sites (tertiary alicyclic amines) is 1. The number of nitrogens with zero attached hydrogens (tertiary/aromatic N) is 4. The summed E-state index contributed by atoms with van der Waals surface area (Å²) in [7, 11) is 2.03. The van der Waals surface area contributed by atoms with Crippen molar-refractivity contribution in [2.45, 2.75) is 29.6 Å². The van der Waals surface area contributed by atoms with E-state index in [4.69, 9.17) is 0 Å². The quantitative estimate of drug-likeness (QED) is 0.357. The second-order valence-corrected chi connectivity index (χ2v) is 9.86. The van der Waals surface area contributed by atoms with Crippen LogP contribution in [0.2, 0.25) is 0 Å². The molecule has 2 aromatic heterocycles. The number of hydrogen-bond donors (Lipinski definition) is 0. The molecule has 4 nitrogen and oxygen atoms in total. The van der Waals surface area contributed by atoms with Crippen molar-refractivity contribution in [3.63, 3.8) is 0 Å². The molecule has 0 unspecified atom stereocenters. The van der Waals surface area contributed by atoms with Gasteiger partial charge in [-0.2, -0.15) is 13.2 Å². The maximum atomic E-state index is 12.9. The van der Waals surface area contributed by atoms with Crippen LogP contribution in [-0.4, -0.2) is 44.8 Å². The first-order chi connectivity index (χ1) is 15.4. The van der Waals surface area contributed by atoms with Crippen molar-refractivity contribution in [2.24, 2.45) is 13.0 Å². The molecule has 168 valence electrons. The van der Waals surface area contributed by atoms with Gasteiger partial charge in [0.05, 0.1) is 17.5 Å². The minimum atomic E-state index is -4.27. The van der Waals surface area contributed by atoms with Crippen molar-refractivity contribution < 1.29 is 13.2 Å². The molecular weight excluding hydrogens is 433 g/mol. The van der Waals surface area contributed by atoms with E-state index in [1.807, 2.05) is 31.6 Å². The topological polar surface area (TPSA) is 34.0 Å². The molecule has 0 bridgehead atoms. The van der Waals surface area contributed by atoms with Crippen molar-refractivity contribution in [3.8, 4) is 11.3 Å². The Morgan fingerprint density at radius 1 is 1.16 bits per heavy atom. The molecule has 8 heteroatoms. The molecule has 0 amide bonds. The molecule has 2 aliphatic rings. The summed E-state index contributed by atoms with van der Waals surface area (Å²) in [6, 6.07) is 9.78. The number of halogens is 3. The van der Waals surface area contributed by atoms with Crippen molar-refractivity contribution >= 4 is 11.8 Å². The van der Waals surface area contributed by atoms with Crippen LogP contribution in [0.3, 0.4) is 0 Å². The molecule has 2 fully saturated rings. The predicted octanol–water partition coefficient (Wildman–Crippen LogP) is 5.26. The fraction of sp³-hybridized carbons (Fsp3) is 0.417. The first-order valence-corrected chi connectivity index (χ1v) is 11.8. The smallest absolute Gasteiger partial charge is 0.322 e. The summed E-state index contributed by atoms with van der Waals surface area (Å²) in [5, 5.41) is 0.995. The van der Waals surface area contributed by atoms with Gasteiger partial charge in [0.25, 0.3) is 0 Å². The number of thioether (sulfide) groups is 1. The van der Waals surface area contributed by atoms with Gasteiger partial charge in [-0.15, -0.1) is 0 Å². The van der Waals surface area contributed by atoms with Crippen molar-refractivity contribution in [3.05, 3.63) is 66.1 Å². The zero-order chi connectivity index (χ0) is 22.3. The third kappa shape index (κ3) is 4.06. The average molecular weight is 459 g/mol. The van der Waals surface area contributed by atoms with Gasteiger partial charge in [0.2, 0.25) is 0 Å². The fourth-order valence-electron chi connectivity index (χ4n) is 4.96. The summed E-state index contributed by atoms with van der Waals surface area (Å²) in [6.07, 6.45) is 3.37. The van der Waals surface area contributed by atoms with E-state index >= 15 is 0 Å². The molecule has 32 heavy (non-hydrogen) atoms. The van der Waals surface area contributed by atoms with E-state index in [0.717, 1.165) is 60.2 Å². The second-order valence-electron chi connectivity index (χ2n) is 8.80.